The fourth-order valence-corrected chi connectivity index (χ4v) is 4.89. The van der Waals surface area contributed by atoms with E-state index in [-0.39, 0.29) is 29.4 Å². The summed E-state index contributed by atoms with van der Waals surface area (Å²) in [6.07, 6.45) is 1.38. The number of aryl methyl sites for hydroxylation is 1. The third-order valence-corrected chi connectivity index (χ3v) is 6.76. The maximum absolute atomic E-state index is 13.9. The summed E-state index contributed by atoms with van der Waals surface area (Å²) in [7, 11) is 1.65. The van der Waals surface area contributed by atoms with E-state index in [1.807, 2.05) is 36.4 Å². The van der Waals surface area contributed by atoms with Crippen LogP contribution in [0.25, 0.3) is 0 Å². The molecule has 4 rings (SSSR count). The molecular weight excluding hydrogens is 446 g/mol. The molecular formula is C29H32F2N2O2. The first-order valence-electron chi connectivity index (χ1n) is 12.1. The first kappa shape index (κ1) is 24.9. The van der Waals surface area contributed by atoms with Gasteiger partial charge in [0, 0.05) is 26.2 Å². The Morgan fingerprint density at radius 3 is 2.57 bits per heavy atom. The first-order valence-corrected chi connectivity index (χ1v) is 12.1. The Kier molecular flexibility index (Phi) is 8.13. The van der Waals surface area contributed by atoms with E-state index in [9.17, 15) is 13.6 Å². The average Bonchev–Trinajstić information content (AvgIpc) is 2.87. The number of methoxy groups -OCH3 is 1. The van der Waals surface area contributed by atoms with Crippen LogP contribution in [0.4, 0.5) is 8.78 Å². The molecule has 1 heterocycles. The van der Waals surface area contributed by atoms with E-state index in [2.05, 4.69) is 10.2 Å². The zero-order chi connectivity index (χ0) is 24.8. The number of likely N-dealkylation sites (tertiary alicyclic amines) is 1. The van der Waals surface area contributed by atoms with Crippen LogP contribution in [0.2, 0.25) is 0 Å². The lowest BCUT2D eigenvalue weighted by Gasteiger charge is -2.37. The number of halogens is 2. The molecule has 1 N–H and O–H groups in total. The number of carbonyl (C=O) groups excluding carboxylic acids is 1. The van der Waals surface area contributed by atoms with Crippen LogP contribution in [0.1, 0.15) is 34.6 Å². The van der Waals surface area contributed by atoms with Crippen LogP contribution in [0, 0.1) is 24.5 Å². The molecule has 4 nitrogen and oxygen atoms in total. The number of carbonyl (C=O) groups is 1. The smallest absolute Gasteiger partial charge is 0.224 e. The number of piperidine rings is 1. The summed E-state index contributed by atoms with van der Waals surface area (Å²) >= 11 is 0. The second-order valence-corrected chi connectivity index (χ2v) is 9.31. The third kappa shape index (κ3) is 6.45. The lowest BCUT2D eigenvalue weighted by atomic mass is 9.83. The Bertz CT molecular complexity index is 1150. The third-order valence-electron chi connectivity index (χ3n) is 6.76. The molecule has 1 saturated heterocycles. The molecule has 2 atom stereocenters. The molecule has 0 spiro atoms. The van der Waals surface area contributed by atoms with Crippen molar-refractivity contribution in [2.45, 2.75) is 32.2 Å². The highest BCUT2D eigenvalue weighted by molar-refractivity contribution is 5.79. The predicted octanol–water partition coefficient (Wildman–Crippen LogP) is 5.25. The van der Waals surface area contributed by atoms with Crippen LogP contribution in [0.15, 0.2) is 66.7 Å². The maximum Gasteiger partial charge on any atom is 0.224 e. The van der Waals surface area contributed by atoms with E-state index >= 15 is 0 Å². The van der Waals surface area contributed by atoms with Gasteiger partial charge in [-0.3, -0.25) is 9.69 Å². The van der Waals surface area contributed by atoms with Gasteiger partial charge in [0.15, 0.2) is 0 Å². The van der Waals surface area contributed by atoms with Crippen LogP contribution in [-0.2, 0) is 17.8 Å². The predicted molar refractivity (Wildman–Crippen MR) is 133 cm³/mol. The summed E-state index contributed by atoms with van der Waals surface area (Å²) < 4.78 is 32.7. The molecule has 1 fully saturated rings. The number of hydrogen-bond donors (Lipinski definition) is 1. The van der Waals surface area contributed by atoms with Crippen molar-refractivity contribution >= 4 is 5.91 Å². The van der Waals surface area contributed by atoms with Crippen LogP contribution in [0.3, 0.4) is 0 Å². The number of hydrogen-bond acceptors (Lipinski definition) is 3. The minimum absolute atomic E-state index is 0.0209. The molecule has 0 aromatic heterocycles. The van der Waals surface area contributed by atoms with Gasteiger partial charge in [-0.1, -0.05) is 42.5 Å². The number of ether oxygens (including phenoxy) is 1. The Morgan fingerprint density at radius 2 is 1.83 bits per heavy atom. The summed E-state index contributed by atoms with van der Waals surface area (Å²) in [6, 6.07) is 19.5. The Balaban J connectivity index is 1.46. The number of rotatable bonds is 8. The lowest BCUT2D eigenvalue weighted by Crippen LogP contribution is -2.45. The lowest BCUT2D eigenvalue weighted by molar-refractivity contribution is -0.127. The van der Waals surface area contributed by atoms with Crippen molar-refractivity contribution in [3.8, 4) is 5.75 Å². The van der Waals surface area contributed by atoms with Crippen LogP contribution in [0.5, 0.6) is 5.75 Å². The van der Waals surface area contributed by atoms with Crippen LogP contribution >= 0.6 is 0 Å². The van der Waals surface area contributed by atoms with E-state index in [0.29, 0.717) is 38.0 Å². The maximum atomic E-state index is 13.9. The minimum Gasteiger partial charge on any atom is -0.496 e. The van der Waals surface area contributed by atoms with E-state index in [1.165, 1.54) is 18.2 Å². The van der Waals surface area contributed by atoms with E-state index in [1.54, 1.807) is 26.2 Å². The van der Waals surface area contributed by atoms with Crippen LogP contribution < -0.4 is 10.1 Å². The van der Waals surface area contributed by atoms with Gasteiger partial charge in [0.25, 0.3) is 0 Å². The van der Waals surface area contributed by atoms with Crippen molar-refractivity contribution in [3.63, 3.8) is 0 Å². The van der Waals surface area contributed by atoms with E-state index in [0.717, 1.165) is 29.0 Å². The van der Waals surface area contributed by atoms with Gasteiger partial charge in [-0.2, -0.15) is 0 Å². The molecule has 6 heteroatoms. The fraction of sp³-hybridized carbons (Fsp3) is 0.345. The molecule has 0 bridgehead atoms. The Morgan fingerprint density at radius 1 is 1.06 bits per heavy atom. The molecule has 0 aliphatic carbocycles. The first-order chi connectivity index (χ1) is 16.9. The summed E-state index contributed by atoms with van der Waals surface area (Å²) in [6.45, 7) is 4.29. The second kappa shape index (κ2) is 11.5. The highest BCUT2D eigenvalue weighted by atomic mass is 19.1. The molecule has 0 saturated carbocycles. The van der Waals surface area contributed by atoms with Crippen molar-refractivity contribution in [1.29, 1.82) is 0 Å². The van der Waals surface area contributed by atoms with Crippen molar-refractivity contribution in [1.82, 2.24) is 10.2 Å². The van der Waals surface area contributed by atoms with Gasteiger partial charge in [-0.15, -0.1) is 0 Å². The van der Waals surface area contributed by atoms with Crippen molar-refractivity contribution < 1.29 is 18.3 Å². The van der Waals surface area contributed by atoms with Crippen molar-refractivity contribution in [2.75, 3.05) is 26.7 Å². The highest BCUT2D eigenvalue weighted by Gasteiger charge is 2.32. The topological polar surface area (TPSA) is 41.6 Å². The standard InChI is InChI=1S/C29H32F2N2O2/c1-20-15-23(9-12-27(20)31)24-16-25(19-33(18-24)17-21-7-10-26(30)11-8-21)29(34)32-14-13-22-5-3-4-6-28(22)35-2/h3-12,15,24-25H,13-14,16-19H2,1-2H3,(H,32,34)/t24-,25-/m1/s1. The van der Waals surface area contributed by atoms with Gasteiger partial charge in [0.05, 0.1) is 13.0 Å². The van der Waals surface area contributed by atoms with E-state index in [4.69, 9.17) is 4.74 Å². The van der Waals surface area contributed by atoms with Gasteiger partial charge >= 0.3 is 0 Å². The quantitative estimate of drug-likeness (QED) is 0.481. The fourth-order valence-electron chi connectivity index (χ4n) is 4.89. The minimum atomic E-state index is -0.264. The van der Waals surface area contributed by atoms with E-state index < -0.39 is 0 Å². The molecule has 1 aliphatic rings. The zero-order valence-electron chi connectivity index (χ0n) is 20.3. The van der Waals surface area contributed by atoms with Gasteiger partial charge < -0.3 is 10.1 Å². The monoisotopic (exact) mass is 478 g/mol. The molecule has 35 heavy (non-hydrogen) atoms. The van der Waals surface area contributed by atoms with Gasteiger partial charge in [0.1, 0.15) is 17.4 Å². The summed E-state index contributed by atoms with van der Waals surface area (Å²) in [5.74, 6) is 0.257. The summed E-state index contributed by atoms with van der Waals surface area (Å²) in [4.78, 5) is 15.4. The Labute approximate surface area is 205 Å². The highest BCUT2D eigenvalue weighted by Crippen LogP contribution is 2.32. The number of nitrogens with zero attached hydrogens (tertiary/aromatic N) is 1. The number of nitrogens with one attached hydrogen (secondary N) is 1. The van der Waals surface area contributed by atoms with Gasteiger partial charge in [-0.25, -0.2) is 8.78 Å². The second-order valence-electron chi connectivity index (χ2n) is 9.31. The SMILES string of the molecule is COc1ccccc1CCNC(=O)[C@@H]1C[C@@H](c2ccc(F)c(C)c2)CN(Cc2ccc(F)cc2)C1. The molecule has 1 amide bonds. The van der Waals surface area contributed by atoms with Gasteiger partial charge in [-0.05, 0) is 72.2 Å². The molecule has 3 aromatic carbocycles. The summed E-state index contributed by atoms with van der Waals surface area (Å²) in [5, 5.41) is 3.11. The molecule has 1 aliphatic heterocycles. The summed E-state index contributed by atoms with van der Waals surface area (Å²) in [5.41, 5.74) is 3.70. The number of benzene rings is 3. The van der Waals surface area contributed by atoms with Gasteiger partial charge in [0.2, 0.25) is 5.91 Å². The molecule has 3 aromatic rings. The average molecular weight is 479 g/mol. The molecule has 0 unspecified atom stereocenters. The molecule has 184 valence electrons. The molecule has 0 radical (unpaired) electrons. The zero-order valence-corrected chi connectivity index (χ0v) is 20.3. The van der Waals surface area contributed by atoms with Crippen LogP contribution in [-0.4, -0.2) is 37.6 Å². The Hall–Kier alpha value is -3.25. The normalized spacial score (nSPS) is 18.3. The number of amides is 1. The largest absolute Gasteiger partial charge is 0.496 e. The number of para-hydroxylation sites is 1. The van der Waals surface area contributed by atoms with Crippen molar-refractivity contribution in [2.24, 2.45) is 5.92 Å². The van der Waals surface area contributed by atoms with Crippen molar-refractivity contribution in [3.05, 3.63) is 101 Å².